The lowest BCUT2D eigenvalue weighted by Crippen LogP contribution is -2.34. The Labute approximate surface area is 201 Å². The van der Waals surface area contributed by atoms with Crippen LogP contribution in [0.1, 0.15) is 10.4 Å². The molecular weight excluding hydrogens is 470 g/mol. The van der Waals surface area contributed by atoms with E-state index in [1.165, 1.54) is 18.2 Å². The predicted molar refractivity (Wildman–Crippen MR) is 130 cm³/mol. The zero-order valence-electron chi connectivity index (χ0n) is 18.4. The zero-order valence-corrected chi connectivity index (χ0v) is 19.2. The lowest BCUT2D eigenvalue weighted by atomic mass is 10.1. The minimum atomic E-state index is -3.98. The van der Waals surface area contributed by atoms with Gasteiger partial charge >= 0.3 is 0 Å². The van der Waals surface area contributed by atoms with E-state index in [4.69, 9.17) is 0 Å². The summed E-state index contributed by atoms with van der Waals surface area (Å²) in [6.07, 6.45) is 1.63. The standard InChI is InChI=1S/C24H21N5O5S/c30-24(25-14-15-26-35(33,34)21-13-7-12-20(16-21)29(31)32)22-17-28(19-10-5-2-6-11-19)27-23(22)18-8-3-1-4-9-18/h1-13,16-17,26H,14-15H2,(H,25,30). The number of nitro groups is 1. The van der Waals surface area contributed by atoms with Gasteiger partial charge in [0.25, 0.3) is 11.6 Å². The Hall–Kier alpha value is -4.35. The van der Waals surface area contributed by atoms with E-state index in [-0.39, 0.29) is 23.7 Å². The molecule has 0 atom stereocenters. The number of nitrogens with one attached hydrogen (secondary N) is 2. The number of nitro benzene ring substituents is 1. The molecule has 11 heteroatoms. The third-order valence-electron chi connectivity index (χ3n) is 5.07. The first-order valence-corrected chi connectivity index (χ1v) is 12.1. The molecule has 4 aromatic rings. The molecule has 0 spiro atoms. The minimum Gasteiger partial charge on any atom is -0.351 e. The summed E-state index contributed by atoms with van der Waals surface area (Å²) >= 11 is 0. The van der Waals surface area contributed by atoms with Gasteiger partial charge in [0.1, 0.15) is 5.69 Å². The summed E-state index contributed by atoms with van der Waals surface area (Å²) in [6, 6.07) is 23.4. The van der Waals surface area contributed by atoms with Gasteiger partial charge in [-0.25, -0.2) is 17.8 Å². The molecule has 10 nitrogen and oxygen atoms in total. The summed E-state index contributed by atoms with van der Waals surface area (Å²) in [7, 11) is -3.98. The van der Waals surface area contributed by atoms with Crippen LogP contribution in [0.15, 0.2) is 96.0 Å². The molecule has 4 rings (SSSR count). The van der Waals surface area contributed by atoms with Crippen LogP contribution in [0.25, 0.3) is 16.9 Å². The number of sulfonamides is 1. The Kier molecular flexibility index (Phi) is 6.99. The Morgan fingerprint density at radius 2 is 1.63 bits per heavy atom. The van der Waals surface area contributed by atoms with Crippen LogP contribution in [-0.2, 0) is 10.0 Å². The summed E-state index contributed by atoms with van der Waals surface area (Å²) in [6.45, 7) is -0.109. The highest BCUT2D eigenvalue weighted by Crippen LogP contribution is 2.23. The van der Waals surface area contributed by atoms with Gasteiger partial charge in [0.15, 0.2) is 0 Å². The topological polar surface area (TPSA) is 136 Å². The van der Waals surface area contributed by atoms with Crippen LogP contribution < -0.4 is 10.0 Å². The molecule has 0 unspecified atom stereocenters. The molecule has 0 aliphatic rings. The molecule has 35 heavy (non-hydrogen) atoms. The number of carbonyl (C=O) groups is 1. The summed E-state index contributed by atoms with van der Waals surface area (Å²) in [5.74, 6) is -0.416. The normalized spacial score (nSPS) is 11.2. The number of hydrogen-bond acceptors (Lipinski definition) is 6. The number of non-ortho nitro benzene ring substituents is 1. The van der Waals surface area contributed by atoms with Crippen molar-refractivity contribution in [3.63, 3.8) is 0 Å². The molecule has 0 fully saturated rings. The van der Waals surface area contributed by atoms with Crippen molar-refractivity contribution in [3.8, 4) is 16.9 Å². The van der Waals surface area contributed by atoms with Gasteiger partial charge in [0, 0.05) is 37.0 Å². The molecule has 3 aromatic carbocycles. The van der Waals surface area contributed by atoms with Crippen molar-refractivity contribution < 1.29 is 18.1 Å². The first-order chi connectivity index (χ1) is 16.8. The maximum absolute atomic E-state index is 13.0. The molecule has 2 N–H and O–H groups in total. The third-order valence-corrected chi connectivity index (χ3v) is 6.53. The fourth-order valence-corrected chi connectivity index (χ4v) is 4.44. The predicted octanol–water partition coefficient (Wildman–Crippen LogP) is 3.16. The SMILES string of the molecule is O=C(NCCNS(=O)(=O)c1cccc([N+](=O)[O-])c1)c1cn(-c2ccccc2)nc1-c1ccccc1. The van der Waals surface area contributed by atoms with Crippen molar-refractivity contribution in [2.24, 2.45) is 0 Å². The highest BCUT2D eigenvalue weighted by atomic mass is 32.2. The minimum absolute atomic E-state index is 0.00225. The van der Waals surface area contributed by atoms with Crippen molar-refractivity contribution in [2.75, 3.05) is 13.1 Å². The van der Waals surface area contributed by atoms with Gasteiger partial charge in [-0.1, -0.05) is 54.6 Å². The molecule has 1 aromatic heterocycles. The van der Waals surface area contributed by atoms with E-state index in [2.05, 4.69) is 15.1 Å². The Bertz CT molecular complexity index is 1450. The molecule has 178 valence electrons. The van der Waals surface area contributed by atoms with Crippen molar-refractivity contribution in [2.45, 2.75) is 4.90 Å². The summed E-state index contributed by atoms with van der Waals surface area (Å²) in [5.41, 5.74) is 2.04. The van der Waals surface area contributed by atoms with Crippen LogP contribution in [0.4, 0.5) is 5.69 Å². The van der Waals surface area contributed by atoms with E-state index in [1.54, 1.807) is 10.9 Å². The van der Waals surface area contributed by atoms with E-state index >= 15 is 0 Å². The summed E-state index contributed by atoms with van der Waals surface area (Å²) in [5, 5.41) is 18.2. The molecule has 0 saturated heterocycles. The Morgan fingerprint density at radius 1 is 0.943 bits per heavy atom. The number of rotatable bonds is 9. The lowest BCUT2D eigenvalue weighted by Gasteiger charge is -2.08. The maximum atomic E-state index is 13.0. The Balaban J connectivity index is 1.47. The van der Waals surface area contributed by atoms with Gasteiger partial charge in [-0.2, -0.15) is 5.10 Å². The molecule has 0 aliphatic heterocycles. The lowest BCUT2D eigenvalue weighted by molar-refractivity contribution is -0.385. The molecule has 0 radical (unpaired) electrons. The van der Waals surface area contributed by atoms with Crippen LogP contribution in [-0.4, -0.2) is 42.1 Å². The quantitative estimate of drug-likeness (QED) is 0.210. The third kappa shape index (κ3) is 5.60. The summed E-state index contributed by atoms with van der Waals surface area (Å²) < 4.78 is 28.9. The van der Waals surface area contributed by atoms with Gasteiger partial charge in [-0.15, -0.1) is 0 Å². The zero-order chi connectivity index (χ0) is 24.8. The van der Waals surface area contributed by atoms with Crippen LogP contribution in [0.3, 0.4) is 0 Å². The number of para-hydroxylation sites is 1. The van der Waals surface area contributed by atoms with Crippen LogP contribution in [0.5, 0.6) is 0 Å². The number of benzene rings is 3. The summed E-state index contributed by atoms with van der Waals surface area (Å²) in [4.78, 5) is 23.0. The molecule has 0 saturated carbocycles. The van der Waals surface area contributed by atoms with Gasteiger partial charge < -0.3 is 5.32 Å². The fourth-order valence-electron chi connectivity index (χ4n) is 3.37. The number of aromatic nitrogens is 2. The second-order valence-corrected chi connectivity index (χ2v) is 9.21. The molecule has 0 bridgehead atoms. The molecule has 1 heterocycles. The second-order valence-electron chi connectivity index (χ2n) is 7.45. The van der Waals surface area contributed by atoms with E-state index in [0.717, 1.165) is 17.3 Å². The van der Waals surface area contributed by atoms with Gasteiger partial charge in [-0.3, -0.25) is 14.9 Å². The van der Waals surface area contributed by atoms with E-state index in [1.807, 2.05) is 60.7 Å². The van der Waals surface area contributed by atoms with Crippen LogP contribution >= 0.6 is 0 Å². The first-order valence-electron chi connectivity index (χ1n) is 10.6. The van der Waals surface area contributed by atoms with E-state index in [9.17, 15) is 23.3 Å². The van der Waals surface area contributed by atoms with E-state index < -0.39 is 20.9 Å². The highest BCUT2D eigenvalue weighted by molar-refractivity contribution is 7.89. The van der Waals surface area contributed by atoms with Crippen molar-refractivity contribution in [1.29, 1.82) is 0 Å². The first kappa shape index (κ1) is 23.8. The number of nitrogens with zero attached hydrogens (tertiary/aromatic N) is 3. The number of carbonyl (C=O) groups excluding carboxylic acids is 1. The number of amides is 1. The Morgan fingerprint density at radius 3 is 2.31 bits per heavy atom. The molecule has 1 amide bonds. The van der Waals surface area contributed by atoms with Gasteiger partial charge in [0.2, 0.25) is 10.0 Å². The van der Waals surface area contributed by atoms with Gasteiger partial charge in [0.05, 0.1) is 21.1 Å². The fraction of sp³-hybridized carbons (Fsp3) is 0.0833. The van der Waals surface area contributed by atoms with Crippen LogP contribution in [0.2, 0.25) is 0 Å². The largest absolute Gasteiger partial charge is 0.351 e. The number of hydrogen-bond donors (Lipinski definition) is 2. The smallest absolute Gasteiger partial charge is 0.270 e. The second kappa shape index (κ2) is 10.3. The molecular formula is C24H21N5O5S. The molecule has 0 aliphatic carbocycles. The van der Waals surface area contributed by atoms with Gasteiger partial charge in [-0.05, 0) is 18.2 Å². The van der Waals surface area contributed by atoms with Crippen molar-refractivity contribution >= 4 is 21.6 Å². The monoisotopic (exact) mass is 491 g/mol. The maximum Gasteiger partial charge on any atom is 0.270 e. The van der Waals surface area contributed by atoms with Crippen molar-refractivity contribution in [3.05, 3.63) is 107 Å². The van der Waals surface area contributed by atoms with Crippen LogP contribution in [0, 0.1) is 10.1 Å². The van der Waals surface area contributed by atoms with E-state index in [0.29, 0.717) is 11.3 Å². The average Bonchev–Trinajstić information content (AvgIpc) is 3.33. The average molecular weight is 492 g/mol. The van der Waals surface area contributed by atoms with Crippen molar-refractivity contribution in [1.82, 2.24) is 19.8 Å². The highest BCUT2D eigenvalue weighted by Gasteiger charge is 2.20.